The Kier molecular flexibility index (Phi) is 3.94. The van der Waals surface area contributed by atoms with Crippen LogP contribution in [-0.4, -0.2) is 7.11 Å². The first kappa shape index (κ1) is 10.3. The summed E-state index contributed by atoms with van der Waals surface area (Å²) in [5, 5.41) is 0. The Bertz CT molecular complexity index is 168. The molecule has 0 aromatic heterocycles. The van der Waals surface area contributed by atoms with E-state index in [1.165, 1.54) is 0 Å². The van der Waals surface area contributed by atoms with Gasteiger partial charge in [-0.3, -0.25) is 0 Å². The molecule has 1 rings (SSSR count). The Balaban J connectivity index is 0.000001000. The molecule has 1 heteroatoms. The summed E-state index contributed by atoms with van der Waals surface area (Å²) in [6.45, 7) is 4.41. The van der Waals surface area contributed by atoms with Crippen LogP contribution < -0.4 is 0 Å². The van der Waals surface area contributed by atoms with Gasteiger partial charge in [0, 0.05) is 0 Å². The lowest BCUT2D eigenvalue weighted by atomic mass is 9.91. The molecular weight excluding hydrogens is 136 g/mol. The van der Waals surface area contributed by atoms with Crippen LogP contribution in [0, 0.1) is 11.8 Å². The van der Waals surface area contributed by atoms with Gasteiger partial charge in [-0.2, -0.15) is 0 Å². The molecule has 0 aromatic carbocycles. The van der Waals surface area contributed by atoms with Gasteiger partial charge in [0.25, 0.3) is 0 Å². The zero-order valence-electron chi connectivity index (χ0n) is 6.79. The average molecular weight is 154 g/mol. The fourth-order valence-corrected chi connectivity index (χ4v) is 1.02. The Morgan fingerprint density at radius 3 is 2.36 bits per heavy atom. The molecule has 2 unspecified atom stereocenters. The molecule has 0 saturated carbocycles. The summed E-state index contributed by atoms with van der Waals surface area (Å²) < 4.78 is 5.08. The summed E-state index contributed by atoms with van der Waals surface area (Å²) in [6, 6.07) is 0. The average Bonchev–Trinajstić information content (AvgIpc) is 1.95. The first-order valence-electron chi connectivity index (χ1n) is 3.68. The standard InChI is InChI=1S/C9H14O.CH4/c1-7-4-5-9(10-3)6-8(7)2;/h4-8H,1-3H3;1H4. The van der Waals surface area contributed by atoms with Gasteiger partial charge in [-0.25, -0.2) is 0 Å². The van der Waals surface area contributed by atoms with Crippen LogP contribution in [0.4, 0.5) is 0 Å². The van der Waals surface area contributed by atoms with E-state index in [0.717, 1.165) is 5.76 Å². The van der Waals surface area contributed by atoms with Crippen molar-refractivity contribution in [3.63, 3.8) is 0 Å². The third-order valence-corrected chi connectivity index (χ3v) is 2.06. The van der Waals surface area contributed by atoms with Crippen molar-refractivity contribution in [2.45, 2.75) is 21.3 Å². The fourth-order valence-electron chi connectivity index (χ4n) is 1.02. The summed E-state index contributed by atoms with van der Waals surface area (Å²) in [4.78, 5) is 0. The van der Waals surface area contributed by atoms with E-state index in [0.29, 0.717) is 11.8 Å². The molecule has 0 saturated heterocycles. The lowest BCUT2D eigenvalue weighted by Gasteiger charge is -2.17. The number of ether oxygens (including phenoxy) is 1. The predicted octanol–water partition coefficient (Wildman–Crippen LogP) is 2.99. The highest BCUT2D eigenvalue weighted by Crippen LogP contribution is 2.21. The molecule has 11 heavy (non-hydrogen) atoms. The summed E-state index contributed by atoms with van der Waals surface area (Å²) in [5.74, 6) is 2.25. The van der Waals surface area contributed by atoms with Gasteiger partial charge >= 0.3 is 0 Å². The second kappa shape index (κ2) is 4.22. The van der Waals surface area contributed by atoms with E-state index in [-0.39, 0.29) is 7.43 Å². The van der Waals surface area contributed by atoms with Crippen molar-refractivity contribution in [3.05, 3.63) is 24.0 Å². The van der Waals surface area contributed by atoms with E-state index in [1.54, 1.807) is 7.11 Å². The molecule has 0 fully saturated rings. The molecule has 0 heterocycles. The number of methoxy groups -OCH3 is 1. The monoisotopic (exact) mass is 154 g/mol. The number of hydrogen-bond donors (Lipinski definition) is 0. The second-order valence-electron chi connectivity index (χ2n) is 2.85. The number of allylic oxidation sites excluding steroid dienone is 3. The van der Waals surface area contributed by atoms with Gasteiger partial charge in [0.05, 0.1) is 7.11 Å². The molecule has 0 radical (unpaired) electrons. The zero-order valence-corrected chi connectivity index (χ0v) is 6.79. The zero-order chi connectivity index (χ0) is 7.56. The molecule has 1 nitrogen and oxygen atoms in total. The third kappa shape index (κ3) is 2.41. The van der Waals surface area contributed by atoms with Crippen LogP contribution in [0.15, 0.2) is 24.0 Å². The third-order valence-electron chi connectivity index (χ3n) is 2.06. The van der Waals surface area contributed by atoms with E-state index in [2.05, 4.69) is 26.0 Å². The first-order chi connectivity index (χ1) is 4.74. The van der Waals surface area contributed by atoms with Gasteiger partial charge in [0.15, 0.2) is 0 Å². The molecule has 0 bridgehead atoms. The highest BCUT2D eigenvalue weighted by Gasteiger charge is 2.11. The molecule has 64 valence electrons. The largest absolute Gasteiger partial charge is 0.497 e. The topological polar surface area (TPSA) is 9.23 Å². The first-order valence-corrected chi connectivity index (χ1v) is 3.68. The van der Waals surface area contributed by atoms with Crippen LogP contribution in [0.25, 0.3) is 0 Å². The molecule has 0 aliphatic heterocycles. The number of hydrogen-bond acceptors (Lipinski definition) is 1. The molecular formula is C10H18O. The van der Waals surface area contributed by atoms with Crippen molar-refractivity contribution >= 4 is 0 Å². The summed E-state index contributed by atoms with van der Waals surface area (Å²) in [7, 11) is 1.71. The van der Waals surface area contributed by atoms with Crippen molar-refractivity contribution in [1.29, 1.82) is 0 Å². The van der Waals surface area contributed by atoms with Crippen LogP contribution in [0.3, 0.4) is 0 Å². The number of rotatable bonds is 1. The fraction of sp³-hybridized carbons (Fsp3) is 0.600. The molecule has 1 aliphatic rings. The maximum absolute atomic E-state index is 5.08. The SMILES string of the molecule is C.COC1=CC(C)C(C)C=C1. The lowest BCUT2D eigenvalue weighted by Crippen LogP contribution is -2.07. The van der Waals surface area contributed by atoms with Crippen molar-refractivity contribution in [2.24, 2.45) is 11.8 Å². The highest BCUT2D eigenvalue weighted by molar-refractivity contribution is 5.19. The van der Waals surface area contributed by atoms with Crippen molar-refractivity contribution in [1.82, 2.24) is 0 Å². The summed E-state index contributed by atoms with van der Waals surface area (Å²) >= 11 is 0. The molecule has 0 N–H and O–H groups in total. The second-order valence-corrected chi connectivity index (χ2v) is 2.85. The van der Waals surface area contributed by atoms with E-state index >= 15 is 0 Å². The van der Waals surface area contributed by atoms with E-state index in [1.807, 2.05) is 6.08 Å². The summed E-state index contributed by atoms with van der Waals surface area (Å²) in [5.41, 5.74) is 0. The van der Waals surface area contributed by atoms with Crippen LogP contribution in [0.5, 0.6) is 0 Å². The quantitative estimate of drug-likeness (QED) is 0.564. The molecule has 2 atom stereocenters. The maximum atomic E-state index is 5.08. The van der Waals surface area contributed by atoms with Gasteiger partial charge < -0.3 is 4.74 Å². The normalized spacial score (nSPS) is 28.8. The van der Waals surface area contributed by atoms with Gasteiger partial charge in [-0.05, 0) is 24.0 Å². The Hall–Kier alpha value is -0.720. The maximum Gasteiger partial charge on any atom is 0.114 e. The predicted molar refractivity (Wildman–Crippen MR) is 49.3 cm³/mol. The van der Waals surface area contributed by atoms with Crippen molar-refractivity contribution in [3.8, 4) is 0 Å². The minimum Gasteiger partial charge on any atom is -0.497 e. The highest BCUT2D eigenvalue weighted by atomic mass is 16.5. The van der Waals surface area contributed by atoms with Crippen molar-refractivity contribution < 1.29 is 4.74 Å². The molecule has 0 aromatic rings. The van der Waals surface area contributed by atoms with Crippen LogP contribution in [0.2, 0.25) is 0 Å². The minimum atomic E-state index is 0. The Morgan fingerprint density at radius 2 is 1.91 bits per heavy atom. The van der Waals surface area contributed by atoms with Crippen LogP contribution in [0.1, 0.15) is 21.3 Å². The van der Waals surface area contributed by atoms with Gasteiger partial charge in [0.1, 0.15) is 5.76 Å². The Morgan fingerprint density at radius 1 is 1.27 bits per heavy atom. The van der Waals surface area contributed by atoms with Gasteiger partial charge in [-0.15, -0.1) is 0 Å². The molecule has 0 amide bonds. The van der Waals surface area contributed by atoms with Gasteiger partial charge in [-0.1, -0.05) is 27.4 Å². The Labute approximate surface area is 69.8 Å². The van der Waals surface area contributed by atoms with E-state index in [4.69, 9.17) is 4.74 Å². The molecule has 1 aliphatic carbocycles. The smallest absolute Gasteiger partial charge is 0.114 e. The molecule has 0 spiro atoms. The van der Waals surface area contributed by atoms with E-state index < -0.39 is 0 Å². The minimum absolute atomic E-state index is 0. The van der Waals surface area contributed by atoms with Crippen molar-refractivity contribution in [2.75, 3.05) is 7.11 Å². The lowest BCUT2D eigenvalue weighted by molar-refractivity contribution is 0.296. The van der Waals surface area contributed by atoms with Gasteiger partial charge in [0.2, 0.25) is 0 Å². The van der Waals surface area contributed by atoms with Crippen LogP contribution >= 0.6 is 0 Å². The van der Waals surface area contributed by atoms with E-state index in [9.17, 15) is 0 Å². The summed E-state index contributed by atoms with van der Waals surface area (Å²) in [6.07, 6.45) is 6.37. The van der Waals surface area contributed by atoms with Crippen LogP contribution in [-0.2, 0) is 4.74 Å².